The van der Waals surface area contributed by atoms with Crippen LogP contribution in [0.25, 0.3) is 0 Å². The zero-order valence-corrected chi connectivity index (χ0v) is 13.3. The second-order valence-electron chi connectivity index (χ2n) is 4.99. The van der Waals surface area contributed by atoms with Crippen molar-refractivity contribution in [2.45, 2.75) is 12.2 Å². The minimum absolute atomic E-state index is 0.00764. The topological polar surface area (TPSA) is 30.5 Å². The van der Waals surface area contributed by atoms with Crippen LogP contribution < -0.4 is 10.1 Å². The molecule has 1 N–H and O–H groups in total. The molecule has 0 amide bonds. The van der Waals surface area contributed by atoms with Crippen LogP contribution in [0.4, 0.5) is 0 Å². The molecule has 0 spiro atoms. The van der Waals surface area contributed by atoms with Crippen molar-refractivity contribution < 1.29 is 9.47 Å². The maximum Gasteiger partial charge on any atom is 0.151 e. The summed E-state index contributed by atoms with van der Waals surface area (Å²) in [7, 11) is 0. The van der Waals surface area contributed by atoms with E-state index in [2.05, 4.69) is 33.4 Å². The SMILES string of the molecule is [77Br]c1ccccc1O[C@@H](c1ccccc1)[C@@H]1CNCCO1. The third-order valence-electron chi connectivity index (χ3n) is 3.51. The molecule has 1 aliphatic rings. The van der Waals surface area contributed by atoms with Crippen molar-refractivity contribution in [2.75, 3.05) is 19.7 Å². The Balaban J connectivity index is 1.87. The number of halogens is 1. The molecule has 3 nitrogen and oxygen atoms in total. The second-order valence-corrected chi connectivity index (χ2v) is 5.85. The van der Waals surface area contributed by atoms with Crippen molar-refractivity contribution in [3.8, 4) is 5.75 Å². The lowest BCUT2D eigenvalue weighted by molar-refractivity contribution is -0.0434. The van der Waals surface area contributed by atoms with Crippen LogP contribution in [-0.4, -0.2) is 25.8 Å². The van der Waals surface area contributed by atoms with Crippen molar-refractivity contribution in [3.05, 3.63) is 64.6 Å². The Hall–Kier alpha value is -1.36. The second kappa shape index (κ2) is 7.07. The molecule has 1 heterocycles. The molecule has 1 saturated heterocycles. The van der Waals surface area contributed by atoms with E-state index in [-0.39, 0.29) is 12.2 Å². The number of hydrogen-bond acceptors (Lipinski definition) is 3. The standard InChI is InChI=1S/C17H18BrNO2/c18-14-8-4-5-9-15(14)21-17(13-6-2-1-3-7-13)16-12-19-10-11-20-16/h1-9,16-17,19H,10-12H2/t16-,17-/m0/s1/i18-3. The summed E-state index contributed by atoms with van der Waals surface area (Å²) in [6.45, 7) is 2.41. The predicted molar refractivity (Wildman–Crippen MR) is 86.6 cm³/mol. The average molecular weight is 345 g/mol. The molecule has 0 aliphatic carbocycles. The van der Waals surface area contributed by atoms with Gasteiger partial charge in [-0.3, -0.25) is 0 Å². The van der Waals surface area contributed by atoms with Crippen molar-refractivity contribution in [1.29, 1.82) is 0 Å². The van der Waals surface area contributed by atoms with Gasteiger partial charge in [-0.15, -0.1) is 0 Å². The third-order valence-corrected chi connectivity index (χ3v) is 4.17. The molecule has 0 unspecified atom stereocenters. The highest BCUT2D eigenvalue weighted by Gasteiger charge is 2.28. The Morgan fingerprint density at radius 1 is 1.10 bits per heavy atom. The van der Waals surface area contributed by atoms with E-state index in [9.17, 15) is 0 Å². The average Bonchev–Trinajstić information content (AvgIpc) is 2.56. The zero-order chi connectivity index (χ0) is 14.5. The van der Waals surface area contributed by atoms with Crippen LogP contribution in [0.3, 0.4) is 0 Å². The Kier molecular flexibility index (Phi) is 4.91. The van der Waals surface area contributed by atoms with Crippen LogP contribution in [0.1, 0.15) is 11.7 Å². The van der Waals surface area contributed by atoms with E-state index in [0.717, 1.165) is 28.9 Å². The first-order chi connectivity index (χ1) is 10.3. The van der Waals surface area contributed by atoms with E-state index in [1.165, 1.54) is 0 Å². The molecule has 110 valence electrons. The van der Waals surface area contributed by atoms with Gasteiger partial charge in [-0.05, 0) is 33.6 Å². The van der Waals surface area contributed by atoms with Gasteiger partial charge in [0.2, 0.25) is 0 Å². The molecule has 0 aromatic heterocycles. The Labute approximate surface area is 133 Å². The van der Waals surface area contributed by atoms with Crippen LogP contribution in [0.2, 0.25) is 0 Å². The fourth-order valence-electron chi connectivity index (χ4n) is 2.46. The molecule has 1 aliphatic heterocycles. The number of ether oxygens (including phenoxy) is 2. The lowest BCUT2D eigenvalue weighted by atomic mass is 10.0. The lowest BCUT2D eigenvalue weighted by Crippen LogP contribution is -2.43. The Morgan fingerprint density at radius 2 is 1.86 bits per heavy atom. The molecule has 21 heavy (non-hydrogen) atoms. The maximum atomic E-state index is 6.26. The van der Waals surface area contributed by atoms with E-state index < -0.39 is 0 Å². The predicted octanol–water partition coefficient (Wildman–Crippen LogP) is 3.56. The number of para-hydroxylation sites is 1. The maximum absolute atomic E-state index is 6.26. The van der Waals surface area contributed by atoms with E-state index in [1.54, 1.807) is 0 Å². The summed E-state index contributed by atoms with van der Waals surface area (Å²) < 4.78 is 13.1. The zero-order valence-electron chi connectivity index (χ0n) is 11.7. The minimum atomic E-state index is -0.127. The molecule has 2 atom stereocenters. The van der Waals surface area contributed by atoms with Crippen LogP contribution >= 0.6 is 15.9 Å². The van der Waals surface area contributed by atoms with Gasteiger partial charge in [-0.1, -0.05) is 42.5 Å². The monoisotopic (exact) mass is 345 g/mol. The first kappa shape index (κ1) is 14.6. The highest BCUT2D eigenvalue weighted by molar-refractivity contribution is 9.10. The smallest absolute Gasteiger partial charge is 0.151 e. The Bertz CT molecular complexity index is 570. The normalized spacial score (nSPS) is 20.0. The van der Waals surface area contributed by atoms with Gasteiger partial charge in [0.25, 0.3) is 0 Å². The first-order valence-corrected chi connectivity index (χ1v) is 7.92. The summed E-state index contributed by atoms with van der Waals surface area (Å²) in [6, 6.07) is 18.1. The highest BCUT2D eigenvalue weighted by Crippen LogP contribution is 2.31. The molecule has 0 bridgehead atoms. The number of benzene rings is 2. The van der Waals surface area contributed by atoms with Gasteiger partial charge in [0, 0.05) is 13.1 Å². The summed E-state index contributed by atoms with van der Waals surface area (Å²) in [6.07, 6.45) is -0.119. The Morgan fingerprint density at radius 3 is 2.57 bits per heavy atom. The largest absolute Gasteiger partial charge is 0.482 e. The summed E-state index contributed by atoms with van der Waals surface area (Å²) in [5.74, 6) is 0.834. The van der Waals surface area contributed by atoms with E-state index in [0.29, 0.717) is 6.61 Å². The molecule has 4 heteroatoms. The quantitative estimate of drug-likeness (QED) is 0.919. The molecule has 1 fully saturated rings. The van der Waals surface area contributed by atoms with E-state index >= 15 is 0 Å². The van der Waals surface area contributed by atoms with Crippen molar-refractivity contribution in [2.24, 2.45) is 0 Å². The molecular weight excluding hydrogens is 327 g/mol. The number of nitrogens with one attached hydrogen (secondary N) is 1. The molecule has 3 rings (SSSR count). The number of rotatable bonds is 4. The van der Waals surface area contributed by atoms with Gasteiger partial charge in [-0.2, -0.15) is 0 Å². The van der Waals surface area contributed by atoms with Crippen molar-refractivity contribution >= 4 is 15.9 Å². The number of hydrogen-bond donors (Lipinski definition) is 1. The minimum Gasteiger partial charge on any atom is -0.482 e. The molecule has 2 aromatic carbocycles. The molecule has 2 aromatic rings. The van der Waals surface area contributed by atoms with Crippen LogP contribution in [-0.2, 0) is 4.74 Å². The van der Waals surface area contributed by atoms with Gasteiger partial charge in [0.1, 0.15) is 11.9 Å². The van der Waals surface area contributed by atoms with Gasteiger partial charge in [0.05, 0.1) is 11.1 Å². The molecular formula is C17H18BrNO2. The summed E-state index contributed by atoms with van der Waals surface area (Å²) in [4.78, 5) is 0. The fraction of sp³-hybridized carbons (Fsp3) is 0.294. The van der Waals surface area contributed by atoms with Crippen LogP contribution in [0.5, 0.6) is 5.75 Å². The highest BCUT2D eigenvalue weighted by atomic mass is 76.9. The molecule has 0 radical (unpaired) electrons. The van der Waals surface area contributed by atoms with Gasteiger partial charge < -0.3 is 14.8 Å². The third kappa shape index (κ3) is 3.64. The van der Waals surface area contributed by atoms with E-state index in [4.69, 9.17) is 9.47 Å². The van der Waals surface area contributed by atoms with Gasteiger partial charge in [0.15, 0.2) is 6.10 Å². The summed E-state index contributed by atoms with van der Waals surface area (Å²) in [5.41, 5.74) is 1.13. The summed E-state index contributed by atoms with van der Waals surface area (Å²) >= 11 is 3.54. The summed E-state index contributed by atoms with van der Waals surface area (Å²) in [5, 5.41) is 3.37. The fourth-order valence-corrected chi connectivity index (χ4v) is 2.84. The van der Waals surface area contributed by atoms with Gasteiger partial charge in [-0.25, -0.2) is 0 Å². The van der Waals surface area contributed by atoms with Gasteiger partial charge >= 0.3 is 0 Å². The number of morpholine rings is 1. The lowest BCUT2D eigenvalue weighted by Gasteiger charge is -2.31. The van der Waals surface area contributed by atoms with Crippen LogP contribution in [0.15, 0.2) is 59.1 Å². The van der Waals surface area contributed by atoms with E-state index in [1.807, 2.05) is 42.5 Å². The van der Waals surface area contributed by atoms with Crippen molar-refractivity contribution in [3.63, 3.8) is 0 Å². The molecule has 0 saturated carbocycles. The van der Waals surface area contributed by atoms with Crippen LogP contribution in [0, 0.1) is 0 Å². The first-order valence-electron chi connectivity index (χ1n) is 7.13. The van der Waals surface area contributed by atoms with Crippen molar-refractivity contribution in [1.82, 2.24) is 5.32 Å².